The molecule has 0 radical (unpaired) electrons. The zero-order valence-corrected chi connectivity index (χ0v) is 16.2. The van der Waals surface area contributed by atoms with Crippen molar-refractivity contribution in [3.8, 4) is 10.6 Å². The fraction of sp³-hybridized carbons (Fsp3) is 0.130. The summed E-state index contributed by atoms with van der Waals surface area (Å²) in [5.74, 6) is 0. The standard InChI is InChI=1S/C23H21N3OS/c27-23(24-15-7-10-17-8-2-1-3-9-17)25-19-12-6-11-18(16-19)22-26-20-13-4-5-14-21(20)28-22/h1-6,8-9,11-14,16H,7,10,15H2,(H2,24,25,27). The number of hydrogen-bond acceptors (Lipinski definition) is 3. The molecular formula is C23H21N3OS. The largest absolute Gasteiger partial charge is 0.338 e. The predicted molar refractivity (Wildman–Crippen MR) is 117 cm³/mol. The molecule has 4 aromatic rings. The second-order valence-corrected chi connectivity index (χ2v) is 7.57. The number of carbonyl (C=O) groups excluding carboxylic acids is 1. The van der Waals surface area contributed by atoms with Gasteiger partial charge in [-0.25, -0.2) is 9.78 Å². The molecular weight excluding hydrogens is 366 g/mol. The Kier molecular flexibility index (Phi) is 5.64. The Morgan fingerprint density at radius 1 is 0.929 bits per heavy atom. The second-order valence-electron chi connectivity index (χ2n) is 6.54. The summed E-state index contributed by atoms with van der Waals surface area (Å²) in [5.41, 5.74) is 4.05. The van der Waals surface area contributed by atoms with Gasteiger partial charge in [0.05, 0.1) is 10.2 Å². The maximum atomic E-state index is 12.2. The molecule has 5 heteroatoms. The van der Waals surface area contributed by atoms with Crippen LogP contribution in [-0.2, 0) is 6.42 Å². The highest BCUT2D eigenvalue weighted by molar-refractivity contribution is 7.21. The van der Waals surface area contributed by atoms with E-state index in [1.165, 1.54) is 5.56 Å². The molecule has 28 heavy (non-hydrogen) atoms. The Morgan fingerprint density at radius 3 is 2.61 bits per heavy atom. The normalized spacial score (nSPS) is 10.7. The Bertz CT molecular complexity index is 1040. The van der Waals surface area contributed by atoms with Gasteiger partial charge >= 0.3 is 6.03 Å². The van der Waals surface area contributed by atoms with Crippen LogP contribution >= 0.6 is 11.3 Å². The summed E-state index contributed by atoms with van der Waals surface area (Å²) < 4.78 is 1.16. The minimum atomic E-state index is -0.186. The van der Waals surface area contributed by atoms with E-state index in [-0.39, 0.29) is 6.03 Å². The van der Waals surface area contributed by atoms with Gasteiger partial charge in [-0.2, -0.15) is 0 Å². The lowest BCUT2D eigenvalue weighted by Gasteiger charge is -2.08. The number of nitrogens with one attached hydrogen (secondary N) is 2. The van der Waals surface area contributed by atoms with Crippen LogP contribution in [0.15, 0.2) is 78.9 Å². The van der Waals surface area contributed by atoms with E-state index >= 15 is 0 Å². The molecule has 0 atom stereocenters. The van der Waals surface area contributed by atoms with Gasteiger partial charge in [-0.15, -0.1) is 11.3 Å². The number of para-hydroxylation sites is 1. The zero-order valence-electron chi connectivity index (χ0n) is 15.4. The molecule has 0 bridgehead atoms. The number of carbonyl (C=O) groups is 1. The van der Waals surface area contributed by atoms with Crippen molar-refractivity contribution in [2.24, 2.45) is 0 Å². The highest BCUT2D eigenvalue weighted by Crippen LogP contribution is 2.31. The maximum absolute atomic E-state index is 12.2. The first-order chi connectivity index (χ1) is 13.8. The number of anilines is 1. The van der Waals surface area contributed by atoms with Gasteiger partial charge in [0.2, 0.25) is 0 Å². The molecule has 4 nitrogen and oxygen atoms in total. The van der Waals surface area contributed by atoms with Crippen LogP contribution in [0.25, 0.3) is 20.8 Å². The molecule has 0 spiro atoms. The van der Waals surface area contributed by atoms with Crippen molar-refractivity contribution in [1.29, 1.82) is 0 Å². The minimum Gasteiger partial charge on any atom is -0.338 e. The van der Waals surface area contributed by atoms with E-state index in [0.29, 0.717) is 6.54 Å². The van der Waals surface area contributed by atoms with Crippen molar-refractivity contribution < 1.29 is 4.79 Å². The summed E-state index contributed by atoms with van der Waals surface area (Å²) in [7, 11) is 0. The number of rotatable bonds is 6. The second kappa shape index (κ2) is 8.67. The van der Waals surface area contributed by atoms with Gasteiger partial charge in [0.15, 0.2) is 0 Å². The third-order valence-corrected chi connectivity index (χ3v) is 5.52. The molecule has 1 aromatic heterocycles. The molecule has 2 amide bonds. The summed E-state index contributed by atoms with van der Waals surface area (Å²) in [6.45, 7) is 0.637. The molecule has 0 aliphatic carbocycles. The molecule has 1 heterocycles. The lowest BCUT2D eigenvalue weighted by atomic mass is 10.1. The van der Waals surface area contributed by atoms with Crippen molar-refractivity contribution >= 4 is 33.3 Å². The molecule has 0 aliphatic rings. The first-order valence-corrected chi connectivity index (χ1v) is 10.1. The first kappa shape index (κ1) is 18.2. The van der Waals surface area contributed by atoms with Crippen LogP contribution < -0.4 is 10.6 Å². The van der Waals surface area contributed by atoms with Gasteiger partial charge in [-0.3, -0.25) is 0 Å². The van der Waals surface area contributed by atoms with Gasteiger partial charge < -0.3 is 10.6 Å². The number of hydrogen-bond donors (Lipinski definition) is 2. The SMILES string of the molecule is O=C(NCCCc1ccccc1)Nc1cccc(-c2nc3ccccc3s2)c1. The summed E-state index contributed by atoms with van der Waals surface area (Å²) in [4.78, 5) is 16.9. The fourth-order valence-electron chi connectivity index (χ4n) is 3.04. The lowest BCUT2D eigenvalue weighted by Crippen LogP contribution is -2.29. The molecule has 140 valence electrons. The fourth-order valence-corrected chi connectivity index (χ4v) is 4.00. The number of aryl methyl sites for hydroxylation is 1. The van der Waals surface area contributed by atoms with E-state index in [2.05, 4.69) is 33.8 Å². The third-order valence-electron chi connectivity index (χ3n) is 4.43. The van der Waals surface area contributed by atoms with Crippen LogP contribution in [0.1, 0.15) is 12.0 Å². The monoisotopic (exact) mass is 387 g/mol. The van der Waals surface area contributed by atoms with E-state index in [4.69, 9.17) is 0 Å². The number of thiazole rings is 1. The maximum Gasteiger partial charge on any atom is 0.319 e. The van der Waals surface area contributed by atoms with Crippen molar-refractivity contribution in [2.45, 2.75) is 12.8 Å². The highest BCUT2D eigenvalue weighted by atomic mass is 32.1. The van der Waals surface area contributed by atoms with Crippen molar-refractivity contribution in [1.82, 2.24) is 10.3 Å². The van der Waals surface area contributed by atoms with E-state index < -0.39 is 0 Å². The number of aromatic nitrogens is 1. The van der Waals surface area contributed by atoms with Gasteiger partial charge in [0.25, 0.3) is 0 Å². The van der Waals surface area contributed by atoms with Gasteiger partial charge in [-0.05, 0) is 42.7 Å². The van der Waals surface area contributed by atoms with Crippen LogP contribution in [0.2, 0.25) is 0 Å². The summed E-state index contributed by atoms with van der Waals surface area (Å²) in [6, 6.07) is 26.0. The average Bonchev–Trinajstić information content (AvgIpc) is 3.17. The van der Waals surface area contributed by atoms with Crippen LogP contribution in [0.5, 0.6) is 0 Å². The quantitative estimate of drug-likeness (QED) is 0.416. The Hall–Kier alpha value is -3.18. The van der Waals surface area contributed by atoms with E-state index in [0.717, 1.165) is 39.3 Å². The average molecular weight is 388 g/mol. The van der Waals surface area contributed by atoms with Crippen LogP contribution in [0.3, 0.4) is 0 Å². The molecule has 0 saturated carbocycles. The number of benzene rings is 3. The van der Waals surface area contributed by atoms with Gasteiger partial charge in [-0.1, -0.05) is 54.6 Å². The summed E-state index contributed by atoms with van der Waals surface area (Å²) in [6.07, 6.45) is 1.86. The number of fused-ring (bicyclic) bond motifs is 1. The van der Waals surface area contributed by atoms with E-state index in [1.807, 2.05) is 60.7 Å². The van der Waals surface area contributed by atoms with Crippen molar-refractivity contribution in [2.75, 3.05) is 11.9 Å². The van der Waals surface area contributed by atoms with Crippen molar-refractivity contribution in [3.05, 3.63) is 84.4 Å². The topological polar surface area (TPSA) is 54.0 Å². The van der Waals surface area contributed by atoms with Crippen molar-refractivity contribution in [3.63, 3.8) is 0 Å². The van der Waals surface area contributed by atoms with Crippen LogP contribution in [0.4, 0.5) is 10.5 Å². The lowest BCUT2D eigenvalue weighted by molar-refractivity contribution is 0.252. The molecule has 0 aliphatic heterocycles. The predicted octanol–water partition coefficient (Wildman–Crippen LogP) is 5.72. The molecule has 0 fully saturated rings. The van der Waals surface area contributed by atoms with E-state index in [1.54, 1.807) is 11.3 Å². The molecule has 3 aromatic carbocycles. The summed E-state index contributed by atoms with van der Waals surface area (Å²) in [5, 5.41) is 6.78. The Labute approximate surface area is 168 Å². The minimum absolute atomic E-state index is 0.186. The highest BCUT2D eigenvalue weighted by Gasteiger charge is 2.08. The van der Waals surface area contributed by atoms with Gasteiger partial charge in [0.1, 0.15) is 5.01 Å². The summed E-state index contributed by atoms with van der Waals surface area (Å²) >= 11 is 1.65. The van der Waals surface area contributed by atoms with E-state index in [9.17, 15) is 4.79 Å². The number of amides is 2. The number of urea groups is 1. The third kappa shape index (κ3) is 4.56. The molecule has 4 rings (SSSR count). The molecule has 2 N–H and O–H groups in total. The van der Waals surface area contributed by atoms with Crippen LogP contribution in [0, 0.1) is 0 Å². The Morgan fingerprint density at radius 2 is 1.75 bits per heavy atom. The first-order valence-electron chi connectivity index (χ1n) is 9.33. The molecule has 0 unspecified atom stereocenters. The smallest absolute Gasteiger partial charge is 0.319 e. The Balaban J connectivity index is 1.33. The molecule has 0 saturated heterocycles. The number of nitrogens with zero attached hydrogens (tertiary/aromatic N) is 1. The zero-order chi connectivity index (χ0) is 19.2. The van der Waals surface area contributed by atoms with Gasteiger partial charge in [0, 0.05) is 17.8 Å². The van der Waals surface area contributed by atoms with Crippen LogP contribution in [-0.4, -0.2) is 17.6 Å².